The summed E-state index contributed by atoms with van der Waals surface area (Å²) in [6.07, 6.45) is 2.64. The summed E-state index contributed by atoms with van der Waals surface area (Å²) in [5.74, 6) is 1.61. The monoisotopic (exact) mass is 361 g/mol. The molecule has 0 aliphatic carbocycles. The summed E-state index contributed by atoms with van der Waals surface area (Å²) in [7, 11) is 1.67. The highest BCUT2D eigenvalue weighted by Crippen LogP contribution is 2.37. The summed E-state index contributed by atoms with van der Waals surface area (Å²) in [6.45, 7) is 2.17. The molecule has 2 aromatic carbocycles. The number of aryl methyl sites for hydroxylation is 1. The highest BCUT2D eigenvalue weighted by atomic mass is 32.1. The van der Waals surface area contributed by atoms with Crippen molar-refractivity contribution in [2.24, 2.45) is 0 Å². The Bertz CT molecular complexity index is 1040. The number of benzene rings is 2. The van der Waals surface area contributed by atoms with Gasteiger partial charge in [0.05, 0.1) is 12.5 Å². The van der Waals surface area contributed by atoms with E-state index >= 15 is 0 Å². The zero-order valence-electron chi connectivity index (χ0n) is 14.7. The Morgan fingerprint density at radius 3 is 2.69 bits per heavy atom. The molecule has 0 atom stereocenters. The zero-order valence-corrected chi connectivity index (χ0v) is 15.5. The lowest BCUT2D eigenvalue weighted by atomic mass is 10.0. The van der Waals surface area contributed by atoms with E-state index in [1.54, 1.807) is 24.8 Å². The van der Waals surface area contributed by atoms with Gasteiger partial charge in [-0.25, -0.2) is 9.97 Å². The molecule has 0 aliphatic rings. The third kappa shape index (κ3) is 3.13. The van der Waals surface area contributed by atoms with Gasteiger partial charge in [0, 0.05) is 22.7 Å². The molecule has 130 valence electrons. The molecule has 0 saturated carbocycles. The quantitative estimate of drug-likeness (QED) is 0.497. The summed E-state index contributed by atoms with van der Waals surface area (Å²) in [4.78, 5) is 9.91. The van der Waals surface area contributed by atoms with Gasteiger partial charge < -0.3 is 10.1 Å². The molecule has 0 bridgehead atoms. The molecule has 4 rings (SSSR count). The predicted octanol–water partition coefficient (Wildman–Crippen LogP) is 5.67. The van der Waals surface area contributed by atoms with E-state index < -0.39 is 0 Å². The lowest BCUT2D eigenvalue weighted by Crippen LogP contribution is -1.96. The molecular weight excluding hydrogens is 342 g/mol. The first-order valence-corrected chi connectivity index (χ1v) is 9.39. The van der Waals surface area contributed by atoms with Crippen LogP contribution in [0.5, 0.6) is 5.75 Å². The predicted molar refractivity (Wildman–Crippen MR) is 109 cm³/mol. The lowest BCUT2D eigenvalue weighted by molar-refractivity contribution is 0.415. The van der Waals surface area contributed by atoms with Gasteiger partial charge in [-0.2, -0.15) is 0 Å². The molecule has 0 fully saturated rings. The summed E-state index contributed by atoms with van der Waals surface area (Å²) in [6, 6.07) is 16.5. The van der Waals surface area contributed by atoms with E-state index in [0.717, 1.165) is 39.5 Å². The number of thiophene rings is 1. The summed E-state index contributed by atoms with van der Waals surface area (Å²) >= 11 is 1.64. The van der Waals surface area contributed by atoms with Gasteiger partial charge in [0.1, 0.15) is 22.7 Å². The smallest absolute Gasteiger partial charge is 0.143 e. The number of methoxy groups -OCH3 is 1. The van der Waals surface area contributed by atoms with E-state index in [9.17, 15) is 0 Å². The first-order chi connectivity index (χ1) is 12.8. The second kappa shape index (κ2) is 7.14. The Hall–Kier alpha value is -2.92. The fourth-order valence-corrected chi connectivity index (χ4v) is 3.86. The maximum Gasteiger partial charge on any atom is 0.143 e. The number of nitrogens with one attached hydrogen (secondary N) is 1. The fraction of sp³-hybridized carbons (Fsp3) is 0.143. The van der Waals surface area contributed by atoms with Crippen molar-refractivity contribution in [1.29, 1.82) is 0 Å². The first-order valence-electron chi connectivity index (χ1n) is 8.51. The van der Waals surface area contributed by atoms with E-state index in [1.165, 1.54) is 11.1 Å². The molecule has 0 radical (unpaired) electrons. The average molecular weight is 361 g/mol. The molecule has 26 heavy (non-hydrogen) atoms. The lowest BCUT2D eigenvalue weighted by Gasteiger charge is -2.10. The Labute approximate surface area is 156 Å². The van der Waals surface area contributed by atoms with Crippen LogP contribution in [-0.4, -0.2) is 17.1 Å². The van der Waals surface area contributed by atoms with Crippen LogP contribution in [0.3, 0.4) is 0 Å². The molecule has 0 amide bonds. The van der Waals surface area contributed by atoms with Crippen molar-refractivity contribution < 1.29 is 4.74 Å². The number of rotatable bonds is 5. The molecule has 4 nitrogen and oxygen atoms in total. The van der Waals surface area contributed by atoms with Crippen molar-refractivity contribution in [3.63, 3.8) is 0 Å². The van der Waals surface area contributed by atoms with Crippen LogP contribution in [0.4, 0.5) is 11.5 Å². The molecule has 2 aromatic heterocycles. The minimum atomic E-state index is 0.805. The van der Waals surface area contributed by atoms with Crippen LogP contribution in [0.2, 0.25) is 0 Å². The van der Waals surface area contributed by atoms with E-state index in [-0.39, 0.29) is 0 Å². The van der Waals surface area contributed by atoms with Crippen molar-refractivity contribution >= 4 is 33.1 Å². The summed E-state index contributed by atoms with van der Waals surface area (Å²) < 4.78 is 5.31. The molecule has 0 unspecified atom stereocenters. The van der Waals surface area contributed by atoms with Crippen molar-refractivity contribution in [3.8, 4) is 16.9 Å². The Kier molecular flexibility index (Phi) is 4.54. The highest BCUT2D eigenvalue weighted by molar-refractivity contribution is 7.17. The number of ether oxygens (including phenoxy) is 1. The van der Waals surface area contributed by atoms with Crippen LogP contribution >= 0.6 is 11.3 Å². The van der Waals surface area contributed by atoms with Gasteiger partial charge in [-0.15, -0.1) is 11.3 Å². The number of nitrogens with zero attached hydrogens (tertiary/aromatic N) is 2. The second-order valence-corrected chi connectivity index (χ2v) is 6.82. The SMILES string of the molecule is CCc1ccc(-c2csc3ncnc(Nc4cccc(OC)c4)c23)cc1. The van der Waals surface area contributed by atoms with Crippen LogP contribution in [0.25, 0.3) is 21.3 Å². The van der Waals surface area contributed by atoms with Crippen molar-refractivity contribution in [3.05, 3.63) is 65.8 Å². The van der Waals surface area contributed by atoms with Crippen LogP contribution in [0, 0.1) is 0 Å². The Morgan fingerprint density at radius 1 is 1.08 bits per heavy atom. The molecule has 0 spiro atoms. The van der Waals surface area contributed by atoms with Crippen molar-refractivity contribution in [2.45, 2.75) is 13.3 Å². The molecule has 0 saturated heterocycles. The maximum absolute atomic E-state index is 5.31. The number of hydrogen-bond acceptors (Lipinski definition) is 5. The van der Waals surface area contributed by atoms with Crippen LogP contribution in [-0.2, 0) is 6.42 Å². The third-order valence-corrected chi connectivity index (χ3v) is 5.26. The van der Waals surface area contributed by atoms with Gasteiger partial charge in [0.25, 0.3) is 0 Å². The Balaban J connectivity index is 1.78. The molecule has 2 heterocycles. The Morgan fingerprint density at radius 2 is 1.92 bits per heavy atom. The van der Waals surface area contributed by atoms with Crippen LogP contribution < -0.4 is 10.1 Å². The summed E-state index contributed by atoms with van der Waals surface area (Å²) in [5, 5.41) is 6.61. The number of anilines is 2. The van der Waals surface area contributed by atoms with Crippen LogP contribution in [0.1, 0.15) is 12.5 Å². The molecular formula is C21H19N3OS. The van der Waals surface area contributed by atoms with Gasteiger partial charge in [0.2, 0.25) is 0 Å². The highest BCUT2D eigenvalue weighted by Gasteiger charge is 2.13. The maximum atomic E-state index is 5.31. The topological polar surface area (TPSA) is 47.0 Å². The van der Waals surface area contributed by atoms with Gasteiger partial charge in [-0.05, 0) is 29.7 Å². The first kappa shape index (κ1) is 16.5. The van der Waals surface area contributed by atoms with Crippen molar-refractivity contribution in [2.75, 3.05) is 12.4 Å². The normalized spacial score (nSPS) is 10.8. The molecule has 5 heteroatoms. The number of hydrogen-bond donors (Lipinski definition) is 1. The van der Waals surface area contributed by atoms with Gasteiger partial charge in [-0.1, -0.05) is 37.3 Å². The van der Waals surface area contributed by atoms with E-state index in [1.807, 2.05) is 24.3 Å². The average Bonchev–Trinajstić information content (AvgIpc) is 3.13. The molecule has 1 N–H and O–H groups in total. The van der Waals surface area contributed by atoms with E-state index in [0.29, 0.717) is 0 Å². The second-order valence-electron chi connectivity index (χ2n) is 5.96. The third-order valence-electron chi connectivity index (χ3n) is 4.38. The van der Waals surface area contributed by atoms with E-state index in [2.05, 4.69) is 51.9 Å². The number of aromatic nitrogens is 2. The van der Waals surface area contributed by atoms with Crippen LogP contribution in [0.15, 0.2) is 60.2 Å². The minimum Gasteiger partial charge on any atom is -0.497 e. The number of fused-ring (bicyclic) bond motifs is 1. The molecule has 4 aromatic rings. The van der Waals surface area contributed by atoms with Gasteiger partial charge in [-0.3, -0.25) is 0 Å². The zero-order chi connectivity index (χ0) is 17.9. The van der Waals surface area contributed by atoms with E-state index in [4.69, 9.17) is 4.74 Å². The molecule has 0 aliphatic heterocycles. The van der Waals surface area contributed by atoms with Gasteiger partial charge in [0.15, 0.2) is 0 Å². The van der Waals surface area contributed by atoms with Crippen molar-refractivity contribution in [1.82, 2.24) is 9.97 Å². The van der Waals surface area contributed by atoms with Gasteiger partial charge >= 0.3 is 0 Å². The summed E-state index contributed by atoms with van der Waals surface area (Å²) in [5.41, 5.74) is 4.60. The minimum absolute atomic E-state index is 0.805. The largest absolute Gasteiger partial charge is 0.497 e. The standard InChI is InChI=1S/C21H19N3OS/c1-3-14-7-9-15(10-8-14)18-12-26-21-19(18)20(22-13-23-21)24-16-5-4-6-17(11-16)25-2/h4-13H,3H2,1-2H3,(H,22,23,24). The fourth-order valence-electron chi connectivity index (χ4n) is 2.94.